The summed E-state index contributed by atoms with van der Waals surface area (Å²) in [4.78, 5) is 44.8. The molecule has 1 fully saturated rings. The van der Waals surface area contributed by atoms with Gasteiger partial charge in [0.25, 0.3) is 11.6 Å². The Labute approximate surface area is 204 Å². The molecule has 0 aliphatic carbocycles. The Kier molecular flexibility index (Phi) is 6.90. The number of piperidine rings is 1. The lowest BCUT2D eigenvalue weighted by atomic mass is 10.1. The molecule has 4 rings (SSSR count). The number of aromatic nitrogens is 1. The van der Waals surface area contributed by atoms with Gasteiger partial charge in [0.1, 0.15) is 17.0 Å². The summed E-state index contributed by atoms with van der Waals surface area (Å²) < 4.78 is 5.45. The van der Waals surface area contributed by atoms with Crippen molar-refractivity contribution in [2.45, 2.75) is 58.6 Å². The third-order valence-corrected chi connectivity index (χ3v) is 6.08. The summed E-state index contributed by atoms with van der Waals surface area (Å²) in [6, 6.07) is 8.15. The molecule has 2 aliphatic heterocycles. The highest BCUT2D eigenvalue weighted by molar-refractivity contribution is 6.07. The lowest BCUT2D eigenvalue weighted by Crippen LogP contribution is -2.40. The van der Waals surface area contributed by atoms with Crippen LogP contribution in [0.2, 0.25) is 0 Å². The van der Waals surface area contributed by atoms with Gasteiger partial charge in [-0.1, -0.05) is 6.07 Å². The first-order valence-electron chi connectivity index (χ1n) is 11.9. The number of amides is 2. The van der Waals surface area contributed by atoms with Gasteiger partial charge < -0.3 is 19.9 Å². The molecule has 35 heavy (non-hydrogen) atoms. The van der Waals surface area contributed by atoms with Crippen molar-refractivity contribution < 1.29 is 19.2 Å². The lowest BCUT2D eigenvalue weighted by molar-refractivity contribution is -0.385. The predicted octanol–water partition coefficient (Wildman–Crippen LogP) is 4.53. The summed E-state index contributed by atoms with van der Waals surface area (Å²) in [5, 5.41) is 14.3. The minimum Gasteiger partial charge on any atom is -0.444 e. The van der Waals surface area contributed by atoms with Crippen LogP contribution in [0.15, 0.2) is 30.3 Å². The van der Waals surface area contributed by atoms with Crippen LogP contribution in [-0.2, 0) is 17.7 Å². The second kappa shape index (κ2) is 9.89. The molecule has 0 unspecified atom stereocenters. The van der Waals surface area contributed by atoms with E-state index in [-0.39, 0.29) is 17.3 Å². The van der Waals surface area contributed by atoms with Gasteiger partial charge in [-0.25, -0.2) is 9.78 Å². The van der Waals surface area contributed by atoms with Crippen LogP contribution in [0.1, 0.15) is 61.6 Å². The van der Waals surface area contributed by atoms with Crippen molar-refractivity contribution in [3.05, 3.63) is 57.3 Å². The average Bonchev–Trinajstić information content (AvgIpc) is 2.82. The zero-order chi connectivity index (χ0) is 25.2. The molecule has 3 heterocycles. The number of carbonyl (C=O) groups is 2. The van der Waals surface area contributed by atoms with Gasteiger partial charge in [-0.15, -0.1) is 0 Å². The normalized spacial score (nSPS) is 15.9. The zero-order valence-corrected chi connectivity index (χ0v) is 20.4. The molecule has 10 heteroatoms. The van der Waals surface area contributed by atoms with Crippen LogP contribution >= 0.6 is 0 Å². The monoisotopic (exact) mass is 481 g/mol. The number of hydrogen-bond acceptors (Lipinski definition) is 7. The van der Waals surface area contributed by atoms with E-state index in [2.05, 4.69) is 15.2 Å². The van der Waals surface area contributed by atoms with Crippen LogP contribution in [0.4, 0.5) is 22.0 Å². The molecule has 0 spiro atoms. The number of nitro groups is 1. The van der Waals surface area contributed by atoms with Crippen molar-refractivity contribution in [1.82, 2.24) is 9.88 Å². The smallest absolute Gasteiger partial charge is 0.410 e. The van der Waals surface area contributed by atoms with Crippen LogP contribution < -0.4 is 10.2 Å². The highest BCUT2D eigenvalue weighted by atomic mass is 16.6. The number of hydrogen-bond donors (Lipinski definition) is 1. The molecule has 0 bridgehead atoms. The lowest BCUT2D eigenvalue weighted by Gasteiger charge is -2.31. The van der Waals surface area contributed by atoms with E-state index in [0.29, 0.717) is 25.3 Å². The van der Waals surface area contributed by atoms with Crippen LogP contribution in [0, 0.1) is 10.1 Å². The first-order chi connectivity index (χ1) is 16.6. The van der Waals surface area contributed by atoms with Crippen molar-refractivity contribution in [1.29, 1.82) is 0 Å². The van der Waals surface area contributed by atoms with E-state index in [1.54, 1.807) is 23.1 Å². The number of pyridine rings is 1. The molecule has 2 amide bonds. The minimum atomic E-state index is -0.575. The molecule has 0 saturated carbocycles. The number of carbonyl (C=O) groups excluding carboxylic acids is 2. The maximum Gasteiger partial charge on any atom is 0.410 e. The maximum absolute atomic E-state index is 13.1. The van der Waals surface area contributed by atoms with Gasteiger partial charge in [-0.05, 0) is 63.8 Å². The van der Waals surface area contributed by atoms with Crippen molar-refractivity contribution in [3.63, 3.8) is 0 Å². The predicted molar refractivity (Wildman–Crippen MR) is 132 cm³/mol. The maximum atomic E-state index is 13.1. The molecule has 1 N–H and O–H groups in total. The Morgan fingerprint density at radius 2 is 1.83 bits per heavy atom. The highest BCUT2D eigenvalue weighted by Crippen LogP contribution is 2.28. The third-order valence-electron chi connectivity index (χ3n) is 6.08. The topological polar surface area (TPSA) is 118 Å². The van der Waals surface area contributed by atoms with Gasteiger partial charge in [-0.3, -0.25) is 14.9 Å². The molecule has 10 nitrogen and oxygen atoms in total. The quantitative estimate of drug-likeness (QED) is 0.504. The number of benzene rings is 1. The fraction of sp³-hybridized carbons (Fsp3) is 0.480. The van der Waals surface area contributed by atoms with Crippen molar-refractivity contribution >= 4 is 29.2 Å². The molecule has 1 saturated heterocycles. The van der Waals surface area contributed by atoms with Crippen LogP contribution in [0.25, 0.3) is 0 Å². The fourth-order valence-electron chi connectivity index (χ4n) is 4.37. The number of nitro benzene ring substituents is 1. The number of rotatable bonds is 4. The molecule has 2 aliphatic rings. The molecular weight excluding hydrogens is 450 g/mol. The average molecular weight is 482 g/mol. The van der Waals surface area contributed by atoms with E-state index in [4.69, 9.17) is 4.74 Å². The summed E-state index contributed by atoms with van der Waals surface area (Å²) in [5.74, 6) is -0.258. The number of anilines is 2. The summed E-state index contributed by atoms with van der Waals surface area (Å²) in [7, 11) is 0. The number of nitrogens with one attached hydrogen (secondary N) is 1. The number of fused-ring (bicyclic) bond motifs is 1. The largest absolute Gasteiger partial charge is 0.444 e. The van der Waals surface area contributed by atoms with Gasteiger partial charge in [0, 0.05) is 43.5 Å². The third kappa shape index (κ3) is 5.87. The van der Waals surface area contributed by atoms with Crippen molar-refractivity contribution in [3.8, 4) is 0 Å². The Morgan fingerprint density at radius 3 is 2.51 bits per heavy atom. The molecule has 1 aromatic carbocycles. The van der Waals surface area contributed by atoms with E-state index >= 15 is 0 Å². The van der Waals surface area contributed by atoms with Crippen LogP contribution in [-0.4, -0.2) is 52.0 Å². The van der Waals surface area contributed by atoms with Gasteiger partial charge in [-0.2, -0.15) is 0 Å². The highest BCUT2D eigenvalue weighted by Gasteiger charge is 2.27. The molecule has 1 aromatic heterocycles. The fourth-order valence-corrected chi connectivity index (χ4v) is 4.37. The van der Waals surface area contributed by atoms with Crippen LogP contribution in [0.3, 0.4) is 0 Å². The summed E-state index contributed by atoms with van der Waals surface area (Å²) in [6.45, 7) is 8.03. The molecule has 0 atom stereocenters. The first kappa shape index (κ1) is 24.4. The Balaban J connectivity index is 1.50. The van der Waals surface area contributed by atoms with Gasteiger partial charge in [0.15, 0.2) is 0 Å². The molecule has 186 valence electrons. The number of nitrogens with zero attached hydrogens (tertiary/aromatic N) is 4. The standard InChI is InChI=1S/C25H31N5O5/c1-25(2,3)35-24(32)29-14-11-20-17(16-29)7-10-22(26-20)27-23(31)19-15-18(8-9-21(19)30(33)34)28-12-5-4-6-13-28/h7-10,15H,4-6,11-14,16H2,1-3H3,(H,26,27,31). The van der Waals surface area contributed by atoms with E-state index in [1.165, 1.54) is 6.07 Å². The summed E-state index contributed by atoms with van der Waals surface area (Å²) in [5.41, 5.74) is 1.65. The summed E-state index contributed by atoms with van der Waals surface area (Å²) in [6.07, 6.45) is 3.42. The van der Waals surface area contributed by atoms with E-state index < -0.39 is 16.4 Å². The minimum absolute atomic E-state index is 0.00805. The molecular formula is C25H31N5O5. The van der Waals surface area contributed by atoms with E-state index in [9.17, 15) is 19.7 Å². The molecule has 2 aromatic rings. The Hall–Kier alpha value is -3.69. The van der Waals surface area contributed by atoms with Gasteiger partial charge >= 0.3 is 6.09 Å². The van der Waals surface area contributed by atoms with Gasteiger partial charge in [0.2, 0.25) is 0 Å². The SMILES string of the molecule is CC(C)(C)OC(=O)N1CCc2nc(NC(=O)c3cc(N4CCCCC4)ccc3[N+](=O)[O-])ccc2C1. The number of ether oxygens (including phenoxy) is 1. The van der Waals surface area contributed by atoms with Crippen molar-refractivity contribution in [2.75, 3.05) is 29.9 Å². The van der Waals surface area contributed by atoms with E-state index in [1.807, 2.05) is 26.8 Å². The second-order valence-electron chi connectivity index (χ2n) is 9.91. The Bertz CT molecular complexity index is 1140. The van der Waals surface area contributed by atoms with Gasteiger partial charge in [0.05, 0.1) is 11.5 Å². The zero-order valence-electron chi connectivity index (χ0n) is 20.4. The van der Waals surface area contributed by atoms with E-state index in [0.717, 1.165) is 49.3 Å². The molecule has 0 radical (unpaired) electrons. The first-order valence-corrected chi connectivity index (χ1v) is 11.9. The van der Waals surface area contributed by atoms with Crippen LogP contribution in [0.5, 0.6) is 0 Å². The van der Waals surface area contributed by atoms with Crippen molar-refractivity contribution in [2.24, 2.45) is 0 Å². The summed E-state index contributed by atoms with van der Waals surface area (Å²) >= 11 is 0. The Morgan fingerprint density at radius 1 is 1.09 bits per heavy atom. The second-order valence-corrected chi connectivity index (χ2v) is 9.91.